The molecular weight excluding hydrogens is 318 g/mol. The van der Waals surface area contributed by atoms with Crippen molar-refractivity contribution in [2.24, 2.45) is 0 Å². The standard InChI is InChI=1S/C20H23NO2S/c1-4-15-16-7-5-6-8-18(16)24-19-13-14(23-12-11-21(2)3)9-10-17(19)20(15)22/h5-10,13,15H,4,11-12H2,1-3H3/t15-/m0/s1. The van der Waals surface area contributed by atoms with E-state index in [2.05, 4.69) is 24.0 Å². The Labute approximate surface area is 148 Å². The second-order valence-corrected chi connectivity index (χ2v) is 7.36. The van der Waals surface area contributed by atoms with Crippen LogP contribution in [0.3, 0.4) is 0 Å². The van der Waals surface area contributed by atoms with Crippen LogP contribution >= 0.6 is 11.8 Å². The number of ether oxygens (including phenoxy) is 1. The average Bonchev–Trinajstić information content (AvgIpc) is 2.68. The molecule has 0 amide bonds. The second kappa shape index (κ2) is 7.41. The molecule has 2 aromatic carbocycles. The molecule has 3 rings (SSSR count). The van der Waals surface area contributed by atoms with Crippen LogP contribution in [-0.2, 0) is 0 Å². The zero-order chi connectivity index (χ0) is 17.1. The summed E-state index contributed by atoms with van der Waals surface area (Å²) in [4.78, 5) is 17.2. The zero-order valence-electron chi connectivity index (χ0n) is 14.4. The van der Waals surface area contributed by atoms with E-state index in [0.717, 1.165) is 34.7 Å². The summed E-state index contributed by atoms with van der Waals surface area (Å²) < 4.78 is 5.83. The first-order chi connectivity index (χ1) is 11.6. The van der Waals surface area contributed by atoms with Crippen molar-refractivity contribution in [2.45, 2.75) is 29.1 Å². The fourth-order valence-corrected chi connectivity index (χ4v) is 4.11. The van der Waals surface area contributed by atoms with Crippen LogP contribution in [0.25, 0.3) is 0 Å². The lowest BCUT2D eigenvalue weighted by Crippen LogP contribution is -2.19. The van der Waals surface area contributed by atoms with Gasteiger partial charge in [-0.3, -0.25) is 4.79 Å². The smallest absolute Gasteiger partial charge is 0.171 e. The number of hydrogen-bond acceptors (Lipinski definition) is 4. The largest absolute Gasteiger partial charge is 0.492 e. The van der Waals surface area contributed by atoms with Gasteiger partial charge in [-0.2, -0.15) is 0 Å². The molecule has 1 aliphatic heterocycles. The molecule has 0 aromatic heterocycles. The van der Waals surface area contributed by atoms with Gasteiger partial charge in [-0.15, -0.1) is 0 Å². The normalized spacial score (nSPS) is 16.5. The molecule has 0 bridgehead atoms. The Bertz CT molecular complexity index is 742. The van der Waals surface area contributed by atoms with Crippen LogP contribution in [0, 0.1) is 0 Å². The summed E-state index contributed by atoms with van der Waals surface area (Å²) in [6.07, 6.45) is 0.816. The predicted molar refractivity (Wildman–Crippen MR) is 98.4 cm³/mol. The van der Waals surface area contributed by atoms with Crippen LogP contribution in [0.1, 0.15) is 35.2 Å². The molecule has 0 unspecified atom stereocenters. The number of benzene rings is 2. The minimum atomic E-state index is -0.0598. The Morgan fingerprint density at radius 2 is 1.92 bits per heavy atom. The highest BCUT2D eigenvalue weighted by molar-refractivity contribution is 7.99. The number of rotatable bonds is 5. The van der Waals surface area contributed by atoms with Gasteiger partial charge in [-0.25, -0.2) is 0 Å². The van der Waals surface area contributed by atoms with Gasteiger partial charge in [-0.05, 0) is 50.3 Å². The van der Waals surface area contributed by atoms with Crippen molar-refractivity contribution in [1.29, 1.82) is 0 Å². The molecule has 24 heavy (non-hydrogen) atoms. The summed E-state index contributed by atoms with van der Waals surface area (Å²) in [5.74, 6) is 0.976. The van der Waals surface area contributed by atoms with Crippen molar-refractivity contribution >= 4 is 17.5 Å². The molecule has 1 atom stereocenters. The van der Waals surface area contributed by atoms with Gasteiger partial charge in [0.1, 0.15) is 12.4 Å². The van der Waals surface area contributed by atoms with Crippen LogP contribution in [-0.4, -0.2) is 37.9 Å². The van der Waals surface area contributed by atoms with Crippen molar-refractivity contribution in [2.75, 3.05) is 27.2 Å². The number of ketones is 1. The number of nitrogens with zero attached hydrogens (tertiary/aromatic N) is 1. The molecule has 0 spiro atoms. The highest BCUT2D eigenvalue weighted by Gasteiger charge is 2.28. The Morgan fingerprint density at radius 3 is 2.67 bits per heavy atom. The van der Waals surface area contributed by atoms with E-state index in [1.807, 2.05) is 44.4 Å². The Hall–Kier alpha value is -1.78. The van der Waals surface area contributed by atoms with E-state index in [4.69, 9.17) is 4.74 Å². The summed E-state index contributed by atoms with van der Waals surface area (Å²) in [7, 11) is 4.05. The van der Waals surface area contributed by atoms with Gasteiger partial charge < -0.3 is 9.64 Å². The fraction of sp³-hybridized carbons (Fsp3) is 0.350. The SMILES string of the molecule is CC[C@@H]1C(=O)c2ccc(OCCN(C)C)cc2Sc2ccccc21. The summed E-state index contributed by atoms with van der Waals surface area (Å²) >= 11 is 1.67. The van der Waals surface area contributed by atoms with Gasteiger partial charge in [0.2, 0.25) is 0 Å². The van der Waals surface area contributed by atoms with E-state index in [1.54, 1.807) is 11.8 Å². The predicted octanol–water partition coefficient (Wildman–Crippen LogP) is 4.47. The fourth-order valence-electron chi connectivity index (χ4n) is 2.94. The monoisotopic (exact) mass is 341 g/mol. The van der Waals surface area contributed by atoms with E-state index < -0.39 is 0 Å². The molecule has 1 heterocycles. The molecule has 126 valence electrons. The van der Waals surface area contributed by atoms with E-state index in [-0.39, 0.29) is 11.7 Å². The van der Waals surface area contributed by atoms with Crippen LogP contribution in [0.15, 0.2) is 52.3 Å². The van der Waals surface area contributed by atoms with Crippen LogP contribution in [0.2, 0.25) is 0 Å². The van der Waals surface area contributed by atoms with Crippen molar-refractivity contribution in [3.8, 4) is 5.75 Å². The lowest BCUT2D eigenvalue weighted by atomic mass is 9.89. The molecular formula is C20H23NO2S. The van der Waals surface area contributed by atoms with Gasteiger partial charge >= 0.3 is 0 Å². The molecule has 0 fully saturated rings. The first-order valence-corrected chi connectivity index (χ1v) is 9.14. The minimum absolute atomic E-state index is 0.0598. The summed E-state index contributed by atoms with van der Waals surface area (Å²) in [6.45, 7) is 3.58. The van der Waals surface area contributed by atoms with Crippen molar-refractivity contribution in [3.63, 3.8) is 0 Å². The molecule has 0 saturated carbocycles. The lowest BCUT2D eigenvalue weighted by molar-refractivity contribution is 0.0954. The van der Waals surface area contributed by atoms with Gasteiger partial charge in [0.25, 0.3) is 0 Å². The molecule has 2 aromatic rings. The zero-order valence-corrected chi connectivity index (χ0v) is 15.2. The summed E-state index contributed by atoms with van der Waals surface area (Å²) in [5, 5.41) is 0. The number of carbonyl (C=O) groups excluding carboxylic acids is 1. The Kier molecular flexibility index (Phi) is 5.27. The van der Waals surface area contributed by atoms with Crippen LogP contribution in [0.4, 0.5) is 0 Å². The maximum Gasteiger partial charge on any atom is 0.171 e. The highest BCUT2D eigenvalue weighted by atomic mass is 32.2. The third-order valence-corrected chi connectivity index (χ3v) is 5.41. The molecule has 0 N–H and O–H groups in total. The number of Topliss-reactive ketones (excluding diaryl/α,β-unsaturated/α-hetero) is 1. The quantitative estimate of drug-likeness (QED) is 0.802. The first kappa shape index (κ1) is 17.1. The summed E-state index contributed by atoms with van der Waals surface area (Å²) in [5.41, 5.74) is 1.95. The third-order valence-electron chi connectivity index (χ3n) is 4.26. The molecule has 0 saturated heterocycles. The van der Waals surface area contributed by atoms with Crippen molar-refractivity contribution in [3.05, 3.63) is 53.6 Å². The van der Waals surface area contributed by atoms with Gasteiger partial charge in [-0.1, -0.05) is 36.9 Å². The molecule has 0 aliphatic carbocycles. The maximum absolute atomic E-state index is 13.0. The topological polar surface area (TPSA) is 29.5 Å². The number of likely N-dealkylation sites (N-methyl/N-ethyl adjacent to an activating group) is 1. The summed E-state index contributed by atoms with van der Waals surface area (Å²) in [6, 6.07) is 14.1. The van der Waals surface area contributed by atoms with Crippen molar-refractivity contribution in [1.82, 2.24) is 4.90 Å². The molecule has 3 nitrogen and oxygen atoms in total. The van der Waals surface area contributed by atoms with Gasteiger partial charge in [0.05, 0.1) is 0 Å². The minimum Gasteiger partial charge on any atom is -0.492 e. The molecule has 1 aliphatic rings. The molecule has 4 heteroatoms. The van der Waals surface area contributed by atoms with Gasteiger partial charge in [0.15, 0.2) is 5.78 Å². The van der Waals surface area contributed by atoms with E-state index in [1.165, 1.54) is 4.90 Å². The molecule has 0 radical (unpaired) electrons. The second-order valence-electron chi connectivity index (χ2n) is 6.27. The number of carbonyl (C=O) groups is 1. The lowest BCUT2D eigenvalue weighted by Gasteiger charge is -2.14. The van der Waals surface area contributed by atoms with E-state index in [9.17, 15) is 4.79 Å². The van der Waals surface area contributed by atoms with Crippen LogP contribution < -0.4 is 4.74 Å². The number of hydrogen-bond donors (Lipinski definition) is 0. The van der Waals surface area contributed by atoms with E-state index >= 15 is 0 Å². The Morgan fingerprint density at radius 1 is 1.12 bits per heavy atom. The average molecular weight is 341 g/mol. The van der Waals surface area contributed by atoms with E-state index in [0.29, 0.717) is 6.61 Å². The van der Waals surface area contributed by atoms with Crippen molar-refractivity contribution < 1.29 is 9.53 Å². The first-order valence-electron chi connectivity index (χ1n) is 8.32. The maximum atomic E-state index is 13.0. The third kappa shape index (κ3) is 3.50. The van der Waals surface area contributed by atoms with Gasteiger partial charge in [0, 0.05) is 27.8 Å². The highest BCUT2D eigenvalue weighted by Crippen LogP contribution is 2.43. The number of fused-ring (bicyclic) bond motifs is 2. The Balaban J connectivity index is 1.93. The van der Waals surface area contributed by atoms with Crippen LogP contribution in [0.5, 0.6) is 5.75 Å².